The molecule has 2 aromatic rings. The number of carbonyl (C=O) groups is 1. The molecule has 0 bridgehead atoms. The van der Waals surface area contributed by atoms with E-state index in [-0.39, 0.29) is 22.9 Å². The van der Waals surface area contributed by atoms with Gasteiger partial charge in [0.1, 0.15) is 10.8 Å². The Kier molecular flexibility index (Phi) is 3.42. The number of nitrogens with one attached hydrogen (secondary N) is 1. The lowest BCUT2D eigenvalue weighted by Crippen LogP contribution is -2.18. The van der Waals surface area contributed by atoms with Crippen molar-refractivity contribution in [1.82, 2.24) is 14.5 Å². The molecule has 21 heavy (non-hydrogen) atoms. The zero-order chi connectivity index (χ0) is 15.0. The highest BCUT2D eigenvalue weighted by Gasteiger charge is 2.28. The van der Waals surface area contributed by atoms with Gasteiger partial charge < -0.3 is 15.0 Å². The van der Waals surface area contributed by atoms with Crippen molar-refractivity contribution in [3.63, 3.8) is 0 Å². The molecule has 1 fully saturated rings. The third-order valence-electron chi connectivity index (χ3n) is 3.15. The third-order valence-corrected chi connectivity index (χ3v) is 3.34. The largest absolute Gasteiger partial charge is 0.481 e. The molecule has 3 N–H and O–H groups in total. The number of amides is 1. The van der Waals surface area contributed by atoms with Crippen LogP contribution in [0.5, 0.6) is 5.88 Å². The van der Waals surface area contributed by atoms with E-state index < -0.39 is 0 Å². The van der Waals surface area contributed by atoms with Crippen LogP contribution >= 0.6 is 11.6 Å². The molecule has 0 radical (unpaired) electrons. The predicted molar refractivity (Wildman–Crippen MR) is 78.7 cm³/mol. The number of methoxy groups -OCH3 is 1. The second-order valence-corrected chi connectivity index (χ2v) is 5.20. The number of nitrogens with zero attached hydrogens (tertiary/aromatic N) is 3. The molecule has 3 rings (SSSR count). The number of carbonyl (C=O) groups excluding carboxylic acids is 1. The van der Waals surface area contributed by atoms with E-state index >= 15 is 0 Å². The highest BCUT2D eigenvalue weighted by atomic mass is 35.5. The van der Waals surface area contributed by atoms with E-state index in [4.69, 9.17) is 22.1 Å². The molecule has 2 aromatic heterocycles. The van der Waals surface area contributed by atoms with Gasteiger partial charge in [-0.15, -0.1) is 0 Å². The van der Waals surface area contributed by atoms with Crippen LogP contribution in [-0.2, 0) is 0 Å². The second-order valence-electron chi connectivity index (χ2n) is 4.81. The Morgan fingerprint density at radius 3 is 2.90 bits per heavy atom. The molecule has 0 unspecified atom stereocenters. The fraction of sp³-hybridized carbons (Fsp3) is 0.308. The second kappa shape index (κ2) is 5.25. The van der Waals surface area contributed by atoms with E-state index in [1.165, 1.54) is 13.2 Å². The van der Waals surface area contributed by atoms with Gasteiger partial charge in [-0.05, 0) is 18.9 Å². The van der Waals surface area contributed by atoms with E-state index in [0.29, 0.717) is 17.4 Å². The topological polar surface area (TPSA) is 95.1 Å². The molecule has 0 atom stereocenters. The Morgan fingerprint density at radius 2 is 2.24 bits per heavy atom. The number of rotatable bonds is 4. The Hall–Kier alpha value is -2.28. The van der Waals surface area contributed by atoms with Gasteiger partial charge >= 0.3 is 0 Å². The lowest BCUT2D eigenvalue weighted by atomic mass is 10.4. The predicted octanol–water partition coefficient (Wildman–Crippen LogP) is 2.11. The standard InChI is InChI=1S/C13H14ClN5O2/c1-21-11-5-10(14)16-13(17-11)18-12(20)9-4-7(15)6-19(9)8-2-3-8/h4-6,8H,2-3,15H2,1H3,(H,16,17,18,20). The van der Waals surface area contributed by atoms with Crippen molar-refractivity contribution in [2.45, 2.75) is 18.9 Å². The molecular formula is C13H14ClN5O2. The van der Waals surface area contributed by atoms with E-state index in [9.17, 15) is 4.79 Å². The van der Waals surface area contributed by atoms with Gasteiger partial charge in [0.05, 0.1) is 12.8 Å². The third kappa shape index (κ3) is 2.92. The number of hydrogen-bond donors (Lipinski definition) is 2. The summed E-state index contributed by atoms with van der Waals surface area (Å²) >= 11 is 5.85. The van der Waals surface area contributed by atoms with Crippen molar-refractivity contribution in [2.24, 2.45) is 0 Å². The molecule has 0 spiro atoms. The first-order chi connectivity index (χ1) is 10.1. The summed E-state index contributed by atoms with van der Waals surface area (Å²) in [6.07, 6.45) is 3.87. The molecule has 8 heteroatoms. The van der Waals surface area contributed by atoms with Crippen LogP contribution in [0.1, 0.15) is 29.4 Å². The number of nitrogen functional groups attached to an aromatic ring is 1. The van der Waals surface area contributed by atoms with Gasteiger partial charge in [0.2, 0.25) is 11.8 Å². The summed E-state index contributed by atoms with van der Waals surface area (Å²) in [5, 5.41) is 2.80. The summed E-state index contributed by atoms with van der Waals surface area (Å²) in [5.41, 5.74) is 6.81. The van der Waals surface area contributed by atoms with Crippen LogP contribution in [0.15, 0.2) is 18.3 Å². The molecule has 0 aromatic carbocycles. The fourth-order valence-corrected chi connectivity index (χ4v) is 2.23. The van der Waals surface area contributed by atoms with Crippen LogP contribution in [-0.4, -0.2) is 27.6 Å². The summed E-state index contributed by atoms with van der Waals surface area (Å²) < 4.78 is 6.87. The molecule has 7 nitrogen and oxygen atoms in total. The first kappa shape index (κ1) is 13.7. The summed E-state index contributed by atoms with van der Waals surface area (Å²) in [4.78, 5) is 20.3. The first-order valence-electron chi connectivity index (χ1n) is 6.44. The minimum Gasteiger partial charge on any atom is -0.481 e. The average Bonchev–Trinajstić information content (AvgIpc) is 3.20. The van der Waals surface area contributed by atoms with E-state index in [1.807, 2.05) is 4.57 Å². The average molecular weight is 308 g/mol. The normalized spacial score (nSPS) is 14.0. The van der Waals surface area contributed by atoms with Gasteiger partial charge in [-0.3, -0.25) is 10.1 Å². The van der Waals surface area contributed by atoms with Gasteiger partial charge in [0.25, 0.3) is 5.91 Å². The highest BCUT2D eigenvalue weighted by molar-refractivity contribution is 6.29. The van der Waals surface area contributed by atoms with Crippen molar-refractivity contribution >= 4 is 29.1 Å². The fourth-order valence-electron chi connectivity index (χ4n) is 2.06. The minimum absolute atomic E-state index is 0.0893. The van der Waals surface area contributed by atoms with Crippen LogP contribution in [0.25, 0.3) is 0 Å². The Labute approximate surface area is 126 Å². The van der Waals surface area contributed by atoms with Crippen LogP contribution in [0, 0.1) is 0 Å². The van der Waals surface area contributed by atoms with E-state index in [2.05, 4.69) is 15.3 Å². The lowest BCUT2D eigenvalue weighted by Gasteiger charge is -2.08. The smallest absolute Gasteiger partial charge is 0.274 e. The zero-order valence-electron chi connectivity index (χ0n) is 11.3. The number of anilines is 2. The van der Waals surface area contributed by atoms with Crippen molar-refractivity contribution in [1.29, 1.82) is 0 Å². The van der Waals surface area contributed by atoms with Crippen molar-refractivity contribution in [3.8, 4) is 5.88 Å². The van der Waals surface area contributed by atoms with Crippen molar-refractivity contribution < 1.29 is 9.53 Å². The van der Waals surface area contributed by atoms with Gasteiger partial charge in [-0.1, -0.05) is 11.6 Å². The first-order valence-corrected chi connectivity index (χ1v) is 6.82. The van der Waals surface area contributed by atoms with Gasteiger partial charge in [0.15, 0.2) is 0 Å². The summed E-state index contributed by atoms with van der Waals surface area (Å²) in [6.45, 7) is 0. The van der Waals surface area contributed by atoms with Crippen LogP contribution in [0.4, 0.5) is 11.6 Å². The molecule has 1 saturated carbocycles. The summed E-state index contributed by atoms with van der Waals surface area (Å²) in [5.74, 6) is 0.0387. The van der Waals surface area contributed by atoms with Crippen LogP contribution in [0.3, 0.4) is 0 Å². The molecule has 0 aliphatic heterocycles. The Morgan fingerprint density at radius 1 is 1.48 bits per heavy atom. The molecule has 2 heterocycles. The highest BCUT2D eigenvalue weighted by Crippen LogP contribution is 2.37. The van der Waals surface area contributed by atoms with E-state index in [0.717, 1.165) is 12.8 Å². The van der Waals surface area contributed by atoms with Gasteiger partial charge in [-0.2, -0.15) is 4.98 Å². The maximum absolute atomic E-state index is 12.3. The Balaban J connectivity index is 1.85. The van der Waals surface area contributed by atoms with Crippen LogP contribution < -0.4 is 15.8 Å². The zero-order valence-corrected chi connectivity index (χ0v) is 12.1. The quantitative estimate of drug-likeness (QED) is 0.843. The number of hydrogen-bond acceptors (Lipinski definition) is 5. The summed E-state index contributed by atoms with van der Waals surface area (Å²) in [7, 11) is 1.46. The summed E-state index contributed by atoms with van der Waals surface area (Å²) in [6, 6.07) is 3.44. The van der Waals surface area contributed by atoms with Crippen molar-refractivity contribution in [2.75, 3.05) is 18.2 Å². The lowest BCUT2D eigenvalue weighted by molar-refractivity contribution is 0.101. The van der Waals surface area contributed by atoms with Gasteiger partial charge in [-0.25, -0.2) is 4.98 Å². The monoisotopic (exact) mass is 307 g/mol. The number of nitrogens with two attached hydrogens (primary N) is 1. The van der Waals surface area contributed by atoms with E-state index in [1.54, 1.807) is 12.3 Å². The van der Waals surface area contributed by atoms with Crippen LogP contribution in [0.2, 0.25) is 5.15 Å². The molecule has 1 amide bonds. The number of ether oxygens (including phenoxy) is 1. The maximum Gasteiger partial charge on any atom is 0.274 e. The molecule has 1 aliphatic carbocycles. The molecule has 1 aliphatic rings. The molecule has 0 saturated heterocycles. The molecular weight excluding hydrogens is 294 g/mol. The number of halogens is 1. The number of aromatic nitrogens is 3. The Bertz CT molecular complexity index is 696. The van der Waals surface area contributed by atoms with Gasteiger partial charge in [0, 0.05) is 18.3 Å². The SMILES string of the molecule is COc1cc(Cl)nc(NC(=O)c2cc(N)cn2C2CC2)n1. The molecule has 110 valence electrons. The van der Waals surface area contributed by atoms with Crippen molar-refractivity contribution in [3.05, 3.63) is 29.2 Å². The maximum atomic E-state index is 12.3. The minimum atomic E-state index is -0.331.